The van der Waals surface area contributed by atoms with Crippen molar-refractivity contribution in [2.45, 2.75) is 12.3 Å². The number of hydrogen-bond acceptors (Lipinski definition) is 4. The highest BCUT2D eigenvalue weighted by Crippen LogP contribution is 2.36. The molecule has 1 aliphatic rings. The number of alkyl halides is 2. The van der Waals surface area contributed by atoms with Gasteiger partial charge in [-0.15, -0.1) is 0 Å². The van der Waals surface area contributed by atoms with E-state index < -0.39 is 18.4 Å². The molecular weight excluding hydrogens is 324 g/mol. The molecule has 1 fully saturated rings. The molecule has 8 heteroatoms. The SMILES string of the molecule is Cn1ncc(N2CCC(F)(F)C(CO)C2)c(Br)c1=O. The lowest BCUT2D eigenvalue weighted by Crippen LogP contribution is -2.49. The molecule has 0 spiro atoms. The van der Waals surface area contributed by atoms with Crippen LogP contribution in [-0.2, 0) is 7.05 Å². The van der Waals surface area contributed by atoms with Crippen LogP contribution in [0.5, 0.6) is 0 Å². The molecule has 0 aliphatic carbocycles. The molecule has 106 valence electrons. The topological polar surface area (TPSA) is 58.4 Å². The lowest BCUT2D eigenvalue weighted by atomic mass is 9.94. The van der Waals surface area contributed by atoms with Crippen molar-refractivity contribution in [3.63, 3.8) is 0 Å². The molecule has 2 rings (SSSR count). The van der Waals surface area contributed by atoms with E-state index in [9.17, 15) is 13.6 Å². The van der Waals surface area contributed by atoms with Crippen molar-refractivity contribution in [3.05, 3.63) is 21.0 Å². The summed E-state index contributed by atoms with van der Waals surface area (Å²) in [6, 6.07) is 0. The van der Waals surface area contributed by atoms with E-state index in [0.717, 1.165) is 4.68 Å². The molecule has 0 radical (unpaired) electrons. The van der Waals surface area contributed by atoms with Gasteiger partial charge in [0.25, 0.3) is 11.5 Å². The Labute approximate surface area is 117 Å². The number of aromatic nitrogens is 2. The number of aryl methyl sites for hydroxylation is 1. The maximum Gasteiger partial charge on any atom is 0.282 e. The number of aliphatic hydroxyl groups is 1. The van der Waals surface area contributed by atoms with Crippen LogP contribution < -0.4 is 10.5 Å². The molecule has 0 bridgehead atoms. The van der Waals surface area contributed by atoms with Crippen molar-refractivity contribution in [1.29, 1.82) is 0 Å². The summed E-state index contributed by atoms with van der Waals surface area (Å²) in [6.07, 6.45) is 1.11. The summed E-state index contributed by atoms with van der Waals surface area (Å²) in [5.41, 5.74) is 0.160. The number of rotatable bonds is 2. The van der Waals surface area contributed by atoms with Crippen molar-refractivity contribution in [2.75, 3.05) is 24.6 Å². The Hall–Kier alpha value is -1.02. The van der Waals surface area contributed by atoms with Crippen LogP contribution in [0.4, 0.5) is 14.5 Å². The van der Waals surface area contributed by atoms with Gasteiger partial charge >= 0.3 is 0 Å². The first-order valence-corrected chi connectivity index (χ1v) is 6.61. The van der Waals surface area contributed by atoms with Crippen LogP contribution in [0.2, 0.25) is 0 Å². The van der Waals surface area contributed by atoms with Gasteiger partial charge in [0.05, 0.1) is 24.4 Å². The Bertz CT molecular complexity index is 535. The minimum atomic E-state index is -2.87. The van der Waals surface area contributed by atoms with Crippen molar-refractivity contribution in [2.24, 2.45) is 13.0 Å². The fourth-order valence-electron chi connectivity index (χ4n) is 2.11. The normalized spacial score (nSPS) is 22.6. The molecule has 5 nitrogen and oxygen atoms in total. The molecule has 1 saturated heterocycles. The van der Waals surface area contributed by atoms with E-state index in [1.807, 2.05) is 0 Å². The van der Waals surface area contributed by atoms with Gasteiger partial charge in [0, 0.05) is 26.6 Å². The van der Waals surface area contributed by atoms with Gasteiger partial charge in [-0.25, -0.2) is 13.5 Å². The van der Waals surface area contributed by atoms with Crippen LogP contribution in [0, 0.1) is 5.92 Å². The van der Waals surface area contributed by atoms with Crippen LogP contribution in [-0.4, -0.2) is 40.5 Å². The molecule has 1 aliphatic heterocycles. The number of anilines is 1. The molecule has 1 aromatic heterocycles. The number of hydrogen-bond donors (Lipinski definition) is 1. The van der Waals surface area contributed by atoms with Gasteiger partial charge in [-0.05, 0) is 15.9 Å². The number of halogens is 3. The predicted octanol–water partition coefficient (Wildman–Crippen LogP) is 0.997. The summed E-state index contributed by atoms with van der Waals surface area (Å²) in [4.78, 5) is 13.4. The minimum absolute atomic E-state index is 0.00303. The fraction of sp³-hybridized carbons (Fsp3) is 0.636. The highest BCUT2D eigenvalue weighted by Gasteiger charge is 2.44. The van der Waals surface area contributed by atoms with Gasteiger partial charge in [-0.3, -0.25) is 4.79 Å². The summed E-state index contributed by atoms with van der Waals surface area (Å²) >= 11 is 3.17. The van der Waals surface area contributed by atoms with E-state index in [-0.39, 0.29) is 25.1 Å². The Morgan fingerprint density at radius 2 is 2.32 bits per heavy atom. The summed E-state index contributed by atoms with van der Waals surface area (Å²) in [7, 11) is 1.51. The van der Waals surface area contributed by atoms with Gasteiger partial charge in [0.15, 0.2) is 0 Å². The molecule has 19 heavy (non-hydrogen) atoms. The monoisotopic (exact) mass is 337 g/mol. The second kappa shape index (κ2) is 5.16. The summed E-state index contributed by atoms with van der Waals surface area (Å²) in [6.45, 7) is -0.465. The summed E-state index contributed by atoms with van der Waals surface area (Å²) in [5.74, 6) is -4.00. The van der Waals surface area contributed by atoms with E-state index >= 15 is 0 Å². The highest BCUT2D eigenvalue weighted by atomic mass is 79.9. The van der Waals surface area contributed by atoms with E-state index in [4.69, 9.17) is 5.11 Å². The van der Waals surface area contributed by atoms with Crippen molar-refractivity contribution in [1.82, 2.24) is 9.78 Å². The van der Waals surface area contributed by atoms with Crippen molar-refractivity contribution < 1.29 is 13.9 Å². The first-order chi connectivity index (χ1) is 8.86. The average Bonchev–Trinajstić information content (AvgIpc) is 2.37. The van der Waals surface area contributed by atoms with Crippen LogP contribution in [0.3, 0.4) is 0 Å². The Balaban J connectivity index is 2.30. The largest absolute Gasteiger partial charge is 0.396 e. The second-order valence-corrected chi connectivity index (χ2v) is 5.40. The lowest BCUT2D eigenvalue weighted by molar-refractivity contribution is -0.0880. The molecule has 2 heterocycles. The molecule has 0 amide bonds. The standard InChI is InChI=1S/C11H14BrF2N3O2/c1-16-10(19)9(12)8(4-15-16)17-3-2-11(13,14)7(5-17)6-18/h4,7,18H,2-3,5-6H2,1H3. The quantitative estimate of drug-likeness (QED) is 0.874. The first kappa shape index (κ1) is 14.4. The second-order valence-electron chi connectivity index (χ2n) is 4.61. The van der Waals surface area contributed by atoms with Gasteiger partial charge in [-0.1, -0.05) is 0 Å². The Morgan fingerprint density at radius 3 is 2.95 bits per heavy atom. The van der Waals surface area contributed by atoms with Crippen LogP contribution in [0.15, 0.2) is 15.5 Å². The van der Waals surface area contributed by atoms with E-state index in [1.54, 1.807) is 4.90 Å². The van der Waals surface area contributed by atoms with E-state index in [0.29, 0.717) is 10.2 Å². The molecule has 1 unspecified atom stereocenters. The third kappa shape index (κ3) is 2.64. The van der Waals surface area contributed by atoms with Crippen LogP contribution >= 0.6 is 15.9 Å². The van der Waals surface area contributed by atoms with Crippen LogP contribution in [0.1, 0.15) is 6.42 Å². The number of aliphatic hydroxyl groups excluding tert-OH is 1. The minimum Gasteiger partial charge on any atom is -0.396 e. The number of piperidine rings is 1. The third-order valence-electron chi connectivity index (χ3n) is 3.37. The third-order valence-corrected chi connectivity index (χ3v) is 4.12. The first-order valence-electron chi connectivity index (χ1n) is 5.82. The van der Waals surface area contributed by atoms with E-state index in [2.05, 4.69) is 21.0 Å². The van der Waals surface area contributed by atoms with Crippen molar-refractivity contribution in [3.8, 4) is 0 Å². The predicted molar refractivity (Wildman–Crippen MR) is 69.5 cm³/mol. The molecule has 1 aromatic rings. The van der Waals surface area contributed by atoms with E-state index in [1.165, 1.54) is 13.2 Å². The summed E-state index contributed by atoms with van der Waals surface area (Å²) < 4.78 is 28.5. The smallest absolute Gasteiger partial charge is 0.282 e. The van der Waals surface area contributed by atoms with Crippen molar-refractivity contribution >= 4 is 21.6 Å². The fourth-order valence-corrected chi connectivity index (χ4v) is 2.72. The Kier molecular flexibility index (Phi) is 3.91. The van der Waals surface area contributed by atoms with Gasteiger partial charge in [0.2, 0.25) is 0 Å². The summed E-state index contributed by atoms with van der Waals surface area (Å²) in [5, 5.41) is 12.9. The lowest BCUT2D eigenvalue weighted by Gasteiger charge is -2.38. The maximum atomic E-state index is 13.5. The molecule has 0 aromatic carbocycles. The van der Waals surface area contributed by atoms with Gasteiger partial charge in [0.1, 0.15) is 4.47 Å². The molecule has 0 saturated carbocycles. The zero-order valence-corrected chi connectivity index (χ0v) is 11.9. The van der Waals surface area contributed by atoms with Gasteiger partial charge in [-0.2, -0.15) is 5.10 Å². The van der Waals surface area contributed by atoms with Crippen LogP contribution in [0.25, 0.3) is 0 Å². The molecule has 1 N–H and O–H groups in total. The Morgan fingerprint density at radius 1 is 1.63 bits per heavy atom. The molecular formula is C11H14BrF2N3O2. The van der Waals surface area contributed by atoms with Gasteiger partial charge < -0.3 is 10.0 Å². The molecule has 1 atom stereocenters. The zero-order chi connectivity index (χ0) is 14.2. The highest BCUT2D eigenvalue weighted by molar-refractivity contribution is 9.10. The number of nitrogens with zero attached hydrogens (tertiary/aromatic N) is 3. The zero-order valence-electron chi connectivity index (χ0n) is 10.3. The maximum absolute atomic E-state index is 13.5. The average molecular weight is 338 g/mol.